The van der Waals surface area contributed by atoms with Crippen LogP contribution in [0, 0.1) is 0 Å². The maximum Gasteiger partial charge on any atom is 0.397 e. The molecule has 2 aromatic carbocycles. The molecule has 5 unspecified atom stereocenters. The summed E-state index contributed by atoms with van der Waals surface area (Å²) in [7, 11) is -3.76. The minimum atomic E-state index is -5.22. The standard InChI is InChI=1S/C22H22O14S/c1-32-10-4-2-9(3-5-10)14-7-12(25)16-11(24)6-13(26)19(20(16)33-14)35-22-21(36-37(29,30)31)18(28)17(27)15(8-23)34-22/h2-7,15,17-18,21-24,26-28H,8H2,1H3,(H,29,30,31). The number of fused-ring (bicyclic) bond motifs is 1. The molecule has 1 fully saturated rings. The molecule has 15 heteroatoms. The van der Waals surface area contributed by atoms with Crippen LogP contribution in [0.25, 0.3) is 22.3 Å². The molecule has 0 aliphatic carbocycles. The lowest BCUT2D eigenvalue weighted by Crippen LogP contribution is -2.61. The minimum absolute atomic E-state index is 0.0195. The highest BCUT2D eigenvalue weighted by Gasteiger charge is 2.49. The average Bonchev–Trinajstić information content (AvgIpc) is 2.84. The molecule has 0 bridgehead atoms. The monoisotopic (exact) mass is 542 g/mol. The Morgan fingerprint density at radius 3 is 2.30 bits per heavy atom. The number of aliphatic hydroxyl groups is 3. The third-order valence-electron chi connectivity index (χ3n) is 5.58. The Hall–Kier alpha value is -3.44. The Balaban J connectivity index is 1.85. The van der Waals surface area contributed by atoms with Crippen LogP contribution >= 0.6 is 0 Å². The fourth-order valence-corrected chi connectivity index (χ4v) is 4.29. The molecule has 14 nitrogen and oxygen atoms in total. The summed E-state index contributed by atoms with van der Waals surface area (Å²) in [5, 5.41) is 50.3. The van der Waals surface area contributed by atoms with Crippen LogP contribution in [0.1, 0.15) is 0 Å². The molecule has 0 saturated carbocycles. The summed E-state index contributed by atoms with van der Waals surface area (Å²) >= 11 is 0. The van der Waals surface area contributed by atoms with E-state index in [0.29, 0.717) is 11.3 Å². The summed E-state index contributed by atoms with van der Waals surface area (Å²) in [6.07, 6.45) is -9.53. The fraction of sp³-hybridized carbons (Fsp3) is 0.318. The van der Waals surface area contributed by atoms with E-state index in [1.54, 1.807) is 24.3 Å². The topological polar surface area (TPSA) is 223 Å². The molecule has 1 aliphatic heterocycles. The predicted molar refractivity (Wildman–Crippen MR) is 123 cm³/mol. The van der Waals surface area contributed by atoms with Crippen molar-refractivity contribution in [2.45, 2.75) is 30.7 Å². The first kappa shape index (κ1) is 26.6. The Labute approximate surface area is 208 Å². The smallest absolute Gasteiger partial charge is 0.397 e. The van der Waals surface area contributed by atoms with Crippen molar-refractivity contribution in [2.75, 3.05) is 13.7 Å². The molecule has 2 heterocycles. The van der Waals surface area contributed by atoms with Gasteiger partial charge in [0.05, 0.1) is 13.7 Å². The number of hydrogen-bond acceptors (Lipinski definition) is 13. The quantitative estimate of drug-likeness (QED) is 0.214. The van der Waals surface area contributed by atoms with Crippen molar-refractivity contribution in [1.82, 2.24) is 0 Å². The van der Waals surface area contributed by atoms with Crippen LogP contribution in [-0.4, -0.2) is 82.9 Å². The van der Waals surface area contributed by atoms with Gasteiger partial charge in [-0.2, -0.15) is 8.42 Å². The summed E-state index contributed by atoms with van der Waals surface area (Å²) in [6.45, 7) is -0.851. The summed E-state index contributed by atoms with van der Waals surface area (Å²) in [4.78, 5) is 12.9. The van der Waals surface area contributed by atoms with E-state index in [-0.39, 0.29) is 5.76 Å². The van der Waals surface area contributed by atoms with E-state index in [1.165, 1.54) is 7.11 Å². The van der Waals surface area contributed by atoms with Crippen molar-refractivity contribution in [3.05, 3.63) is 46.6 Å². The molecular weight excluding hydrogens is 520 g/mol. The van der Waals surface area contributed by atoms with Gasteiger partial charge in [-0.05, 0) is 24.3 Å². The molecule has 37 heavy (non-hydrogen) atoms. The second-order valence-corrected chi connectivity index (χ2v) is 9.01. The van der Waals surface area contributed by atoms with Crippen LogP contribution in [0.15, 0.2) is 45.6 Å². The Morgan fingerprint density at radius 2 is 1.70 bits per heavy atom. The van der Waals surface area contributed by atoms with E-state index in [0.717, 1.165) is 12.1 Å². The van der Waals surface area contributed by atoms with Crippen molar-refractivity contribution in [3.63, 3.8) is 0 Å². The molecule has 3 aromatic rings. The molecular formula is C22H22O14S. The first-order chi connectivity index (χ1) is 17.4. The van der Waals surface area contributed by atoms with Crippen LogP contribution in [0.5, 0.6) is 23.0 Å². The van der Waals surface area contributed by atoms with E-state index in [2.05, 4.69) is 4.18 Å². The maximum atomic E-state index is 12.9. The highest BCUT2D eigenvalue weighted by atomic mass is 32.3. The minimum Gasteiger partial charge on any atom is -0.507 e. The number of aromatic hydroxyl groups is 2. The Bertz CT molecular complexity index is 1450. The van der Waals surface area contributed by atoms with Gasteiger partial charge in [-0.15, -0.1) is 0 Å². The van der Waals surface area contributed by atoms with Crippen molar-refractivity contribution in [3.8, 4) is 34.3 Å². The van der Waals surface area contributed by atoms with Crippen molar-refractivity contribution in [2.24, 2.45) is 0 Å². The second kappa shape index (κ2) is 10.1. The maximum absolute atomic E-state index is 12.9. The molecule has 0 amide bonds. The number of methoxy groups -OCH3 is 1. The zero-order valence-electron chi connectivity index (χ0n) is 18.9. The normalized spacial score (nSPS) is 24.2. The second-order valence-electron chi connectivity index (χ2n) is 7.96. The number of phenolic OH excluding ortho intramolecular Hbond substituents is 2. The fourth-order valence-electron chi connectivity index (χ4n) is 3.80. The molecule has 5 atom stereocenters. The summed E-state index contributed by atoms with van der Waals surface area (Å²) in [6, 6.07) is 8.13. The van der Waals surface area contributed by atoms with Crippen LogP contribution in [0.3, 0.4) is 0 Å². The van der Waals surface area contributed by atoms with Gasteiger partial charge < -0.3 is 44.2 Å². The van der Waals surface area contributed by atoms with E-state index in [1.807, 2.05) is 0 Å². The van der Waals surface area contributed by atoms with Gasteiger partial charge in [0.25, 0.3) is 0 Å². The highest BCUT2D eigenvalue weighted by Crippen LogP contribution is 2.42. The average molecular weight is 542 g/mol. The van der Waals surface area contributed by atoms with E-state index >= 15 is 0 Å². The van der Waals surface area contributed by atoms with Crippen LogP contribution in [0.2, 0.25) is 0 Å². The number of rotatable bonds is 7. The van der Waals surface area contributed by atoms with Crippen molar-refractivity contribution in [1.29, 1.82) is 0 Å². The number of aliphatic hydroxyl groups excluding tert-OH is 3. The largest absolute Gasteiger partial charge is 0.507 e. The van der Waals surface area contributed by atoms with Crippen LogP contribution < -0.4 is 14.9 Å². The van der Waals surface area contributed by atoms with Crippen molar-refractivity contribution >= 4 is 21.4 Å². The number of phenols is 2. The lowest BCUT2D eigenvalue weighted by Gasteiger charge is -2.40. The van der Waals surface area contributed by atoms with Crippen LogP contribution in [-0.2, 0) is 19.3 Å². The molecule has 200 valence electrons. The van der Waals surface area contributed by atoms with E-state index in [4.69, 9.17) is 23.2 Å². The van der Waals surface area contributed by atoms with Gasteiger partial charge in [-0.25, -0.2) is 4.18 Å². The third kappa shape index (κ3) is 5.33. The van der Waals surface area contributed by atoms with Gasteiger partial charge in [0.2, 0.25) is 12.0 Å². The van der Waals surface area contributed by atoms with Gasteiger partial charge in [-0.1, -0.05) is 0 Å². The lowest BCUT2D eigenvalue weighted by molar-refractivity contribution is -0.271. The van der Waals surface area contributed by atoms with E-state index in [9.17, 15) is 38.7 Å². The number of ether oxygens (including phenoxy) is 3. The molecule has 1 aromatic heterocycles. The molecule has 1 saturated heterocycles. The van der Waals surface area contributed by atoms with Crippen molar-refractivity contribution < 1.29 is 61.3 Å². The van der Waals surface area contributed by atoms with Gasteiger partial charge in [-0.3, -0.25) is 9.35 Å². The first-order valence-electron chi connectivity index (χ1n) is 10.6. The molecule has 6 N–H and O–H groups in total. The van der Waals surface area contributed by atoms with Gasteiger partial charge in [0.1, 0.15) is 41.0 Å². The zero-order chi connectivity index (χ0) is 27.1. The Morgan fingerprint density at radius 1 is 1.03 bits per heavy atom. The first-order valence-corrected chi connectivity index (χ1v) is 11.9. The molecule has 1 aliphatic rings. The number of benzene rings is 2. The summed E-state index contributed by atoms with van der Waals surface area (Å²) in [5.74, 6) is -1.61. The summed E-state index contributed by atoms with van der Waals surface area (Å²) in [5.41, 5.74) is -0.839. The van der Waals surface area contributed by atoms with Crippen LogP contribution in [0.4, 0.5) is 0 Å². The lowest BCUT2D eigenvalue weighted by atomic mass is 9.99. The van der Waals surface area contributed by atoms with Gasteiger partial charge in [0.15, 0.2) is 22.9 Å². The Kier molecular flexibility index (Phi) is 7.29. The third-order valence-corrected chi connectivity index (χ3v) is 6.05. The van der Waals surface area contributed by atoms with Gasteiger partial charge in [0, 0.05) is 17.7 Å². The summed E-state index contributed by atoms with van der Waals surface area (Å²) < 4.78 is 57.9. The number of hydrogen-bond donors (Lipinski definition) is 6. The molecule has 0 radical (unpaired) electrons. The zero-order valence-corrected chi connectivity index (χ0v) is 19.7. The van der Waals surface area contributed by atoms with E-state index < -0.39 is 81.4 Å². The molecule has 4 rings (SSSR count). The predicted octanol–water partition coefficient (Wildman–Crippen LogP) is -0.114. The van der Waals surface area contributed by atoms with Gasteiger partial charge >= 0.3 is 10.4 Å². The SMILES string of the molecule is COc1ccc(-c2cc(=O)c3c(O)cc(O)c(OC4OC(CO)C(O)C(O)C4OS(=O)(=O)O)c3o2)cc1. The highest BCUT2D eigenvalue weighted by molar-refractivity contribution is 7.80. The molecule has 0 spiro atoms.